The number of amides is 2. The summed E-state index contributed by atoms with van der Waals surface area (Å²) in [7, 11) is 0. The van der Waals surface area contributed by atoms with Crippen LogP contribution >= 0.6 is 11.8 Å². The number of nitrogens with zero attached hydrogens (tertiary/aromatic N) is 2. The summed E-state index contributed by atoms with van der Waals surface area (Å²) in [6.45, 7) is 6.18. The molecule has 0 aromatic heterocycles. The molecule has 1 heterocycles. The van der Waals surface area contributed by atoms with Crippen LogP contribution in [0.25, 0.3) is 0 Å². The van der Waals surface area contributed by atoms with E-state index >= 15 is 0 Å². The van der Waals surface area contributed by atoms with Gasteiger partial charge in [-0.25, -0.2) is 9.80 Å². The third-order valence-electron chi connectivity index (χ3n) is 1.43. The maximum absolute atomic E-state index is 10.7. The van der Waals surface area contributed by atoms with Gasteiger partial charge in [0.05, 0.1) is 5.88 Å². The predicted octanol–water partition coefficient (Wildman–Crippen LogP) is 1.43. The Labute approximate surface area is 76.2 Å². The van der Waals surface area contributed by atoms with Gasteiger partial charge in [0, 0.05) is 5.41 Å². The van der Waals surface area contributed by atoms with Crippen LogP contribution in [0.1, 0.15) is 20.8 Å². The molecule has 0 atom stereocenters. The van der Waals surface area contributed by atoms with Crippen molar-refractivity contribution >= 4 is 22.8 Å². The van der Waals surface area contributed by atoms with Crippen LogP contribution in [-0.4, -0.2) is 22.0 Å². The number of nitrogens with two attached hydrogens (primary N) is 1. The Kier molecular flexibility index (Phi) is 2.32. The molecule has 1 rings (SSSR count). The highest BCUT2D eigenvalue weighted by Crippen LogP contribution is 2.29. The lowest BCUT2D eigenvalue weighted by atomic mass is 9.99. The van der Waals surface area contributed by atoms with E-state index in [1.165, 1.54) is 5.01 Å². The average Bonchev–Trinajstić information content (AvgIpc) is 2.30. The van der Waals surface area contributed by atoms with E-state index in [0.717, 1.165) is 5.04 Å². The van der Waals surface area contributed by atoms with E-state index in [2.05, 4.69) is 25.9 Å². The van der Waals surface area contributed by atoms with E-state index in [4.69, 9.17) is 5.73 Å². The minimum absolute atomic E-state index is 0.00880. The molecular weight excluding hydrogens is 174 g/mol. The standard InChI is InChI=1S/C7H13N3OS/c1-7(2,3)5-9-10(4-12-5)6(8)11/h4H2,1-3H3,(H2,8,11). The van der Waals surface area contributed by atoms with Crippen molar-refractivity contribution in [3.63, 3.8) is 0 Å². The molecule has 0 unspecified atom stereocenters. The molecule has 0 aliphatic carbocycles. The van der Waals surface area contributed by atoms with Gasteiger partial charge in [-0.3, -0.25) is 0 Å². The fourth-order valence-electron chi connectivity index (χ4n) is 0.769. The van der Waals surface area contributed by atoms with Gasteiger partial charge in [-0.1, -0.05) is 32.5 Å². The molecule has 0 radical (unpaired) electrons. The number of primary amides is 1. The van der Waals surface area contributed by atoms with Gasteiger partial charge in [-0.15, -0.1) is 0 Å². The molecule has 0 saturated carbocycles. The Morgan fingerprint density at radius 3 is 2.50 bits per heavy atom. The summed E-state index contributed by atoms with van der Waals surface area (Å²) in [5, 5.41) is 6.34. The maximum atomic E-state index is 10.7. The number of rotatable bonds is 0. The first-order valence-corrected chi connectivity index (χ1v) is 4.68. The molecular formula is C7H13N3OS. The van der Waals surface area contributed by atoms with Crippen molar-refractivity contribution in [2.75, 3.05) is 5.88 Å². The summed E-state index contributed by atoms with van der Waals surface area (Å²) >= 11 is 1.56. The molecule has 2 N–H and O–H groups in total. The van der Waals surface area contributed by atoms with E-state index < -0.39 is 6.03 Å². The first kappa shape index (κ1) is 9.38. The van der Waals surface area contributed by atoms with Crippen molar-refractivity contribution in [3.05, 3.63) is 0 Å². The third-order valence-corrected chi connectivity index (χ3v) is 2.77. The molecule has 1 aliphatic heterocycles. The van der Waals surface area contributed by atoms with Gasteiger partial charge >= 0.3 is 6.03 Å². The quantitative estimate of drug-likeness (QED) is 0.623. The van der Waals surface area contributed by atoms with E-state index in [0.29, 0.717) is 5.88 Å². The minimum Gasteiger partial charge on any atom is -0.350 e. The number of carbonyl (C=O) groups excluding carboxylic acids is 1. The molecule has 0 fully saturated rings. The number of carbonyl (C=O) groups is 1. The van der Waals surface area contributed by atoms with Crippen LogP contribution in [0.4, 0.5) is 4.79 Å². The minimum atomic E-state index is -0.484. The van der Waals surface area contributed by atoms with E-state index in [-0.39, 0.29) is 5.41 Å². The fraction of sp³-hybridized carbons (Fsp3) is 0.714. The summed E-state index contributed by atoms with van der Waals surface area (Å²) in [6.07, 6.45) is 0. The van der Waals surface area contributed by atoms with Gasteiger partial charge in [0.25, 0.3) is 0 Å². The number of hydrogen-bond donors (Lipinski definition) is 1. The Hall–Kier alpha value is -0.710. The fourth-order valence-corrected chi connectivity index (χ4v) is 1.79. The second-order valence-corrected chi connectivity index (χ2v) is 4.60. The molecule has 1 aliphatic rings. The lowest BCUT2D eigenvalue weighted by Crippen LogP contribution is -2.28. The molecule has 2 amide bonds. The van der Waals surface area contributed by atoms with Crippen LogP contribution in [-0.2, 0) is 0 Å². The van der Waals surface area contributed by atoms with Crippen LogP contribution < -0.4 is 5.73 Å². The van der Waals surface area contributed by atoms with Crippen molar-refractivity contribution in [2.45, 2.75) is 20.8 Å². The van der Waals surface area contributed by atoms with Gasteiger partial charge in [-0.05, 0) is 0 Å². The normalized spacial score (nSPS) is 17.9. The van der Waals surface area contributed by atoms with Crippen molar-refractivity contribution in [1.29, 1.82) is 0 Å². The van der Waals surface area contributed by atoms with Crippen LogP contribution in [0.15, 0.2) is 5.10 Å². The van der Waals surface area contributed by atoms with Crippen molar-refractivity contribution in [2.24, 2.45) is 16.3 Å². The summed E-state index contributed by atoms with van der Waals surface area (Å²) in [6, 6.07) is -0.484. The van der Waals surface area contributed by atoms with Gasteiger partial charge < -0.3 is 5.73 Å². The monoisotopic (exact) mass is 187 g/mol. The summed E-state index contributed by atoms with van der Waals surface area (Å²) in [5.41, 5.74) is 5.08. The van der Waals surface area contributed by atoms with Crippen molar-refractivity contribution in [3.8, 4) is 0 Å². The zero-order valence-electron chi connectivity index (χ0n) is 7.50. The summed E-state index contributed by atoms with van der Waals surface area (Å²) < 4.78 is 0. The second kappa shape index (κ2) is 2.97. The highest BCUT2D eigenvalue weighted by atomic mass is 32.2. The van der Waals surface area contributed by atoms with Crippen LogP contribution in [0.3, 0.4) is 0 Å². The zero-order chi connectivity index (χ0) is 9.35. The largest absolute Gasteiger partial charge is 0.350 e. The van der Waals surface area contributed by atoms with E-state index in [9.17, 15) is 4.79 Å². The van der Waals surface area contributed by atoms with Crippen molar-refractivity contribution in [1.82, 2.24) is 5.01 Å². The molecule has 12 heavy (non-hydrogen) atoms. The number of hydrogen-bond acceptors (Lipinski definition) is 3. The Morgan fingerprint density at radius 1 is 1.67 bits per heavy atom. The number of urea groups is 1. The predicted molar refractivity (Wildman–Crippen MR) is 50.8 cm³/mol. The number of hydrazone groups is 1. The average molecular weight is 187 g/mol. The molecule has 0 bridgehead atoms. The molecule has 0 spiro atoms. The van der Waals surface area contributed by atoms with Gasteiger partial charge in [0.2, 0.25) is 0 Å². The SMILES string of the molecule is CC(C)(C)C1=NN(C(N)=O)CS1. The van der Waals surface area contributed by atoms with Crippen molar-refractivity contribution < 1.29 is 4.79 Å². The Bertz CT molecular complexity index is 231. The highest BCUT2D eigenvalue weighted by molar-refractivity contribution is 8.14. The second-order valence-electron chi connectivity index (χ2n) is 3.67. The van der Waals surface area contributed by atoms with Crippen LogP contribution in [0.2, 0.25) is 0 Å². The van der Waals surface area contributed by atoms with Gasteiger partial charge in [0.15, 0.2) is 0 Å². The lowest BCUT2D eigenvalue weighted by Gasteiger charge is -2.15. The Morgan fingerprint density at radius 2 is 2.25 bits per heavy atom. The van der Waals surface area contributed by atoms with Crippen LogP contribution in [0.5, 0.6) is 0 Å². The number of thioether (sulfide) groups is 1. The smallest absolute Gasteiger partial charge is 0.336 e. The molecule has 68 valence electrons. The lowest BCUT2D eigenvalue weighted by molar-refractivity contribution is 0.219. The van der Waals surface area contributed by atoms with E-state index in [1.807, 2.05) is 0 Å². The highest BCUT2D eigenvalue weighted by Gasteiger charge is 2.27. The molecule has 5 heteroatoms. The molecule has 0 aromatic rings. The van der Waals surface area contributed by atoms with Gasteiger partial charge in [-0.2, -0.15) is 5.10 Å². The third kappa shape index (κ3) is 1.91. The van der Waals surface area contributed by atoms with E-state index in [1.54, 1.807) is 11.8 Å². The zero-order valence-corrected chi connectivity index (χ0v) is 8.31. The molecule has 0 saturated heterocycles. The van der Waals surface area contributed by atoms with Crippen LogP contribution in [0, 0.1) is 5.41 Å². The molecule has 4 nitrogen and oxygen atoms in total. The maximum Gasteiger partial charge on any atom is 0.336 e. The topological polar surface area (TPSA) is 58.7 Å². The summed E-state index contributed by atoms with van der Waals surface area (Å²) in [4.78, 5) is 10.7. The first-order chi connectivity index (χ1) is 5.41. The van der Waals surface area contributed by atoms with Gasteiger partial charge in [0.1, 0.15) is 5.04 Å². The first-order valence-electron chi connectivity index (χ1n) is 3.70. The molecule has 0 aromatic carbocycles. The summed E-state index contributed by atoms with van der Waals surface area (Å²) in [5.74, 6) is 0.544. The Balaban J connectivity index is 2.73.